The molecule has 9 nitrogen and oxygen atoms in total. The highest BCUT2D eigenvalue weighted by molar-refractivity contribution is 5.96. The molecule has 3 aromatic rings. The molecule has 4 heterocycles. The molecule has 0 saturated carbocycles. The van der Waals surface area contributed by atoms with Crippen molar-refractivity contribution in [2.75, 3.05) is 24.5 Å². The molecular formula is C24H32N8O. The minimum Gasteiger partial charge on any atom is -0.355 e. The Bertz CT molecular complexity index is 1170. The Morgan fingerprint density at radius 3 is 2.73 bits per heavy atom. The number of fused-ring (bicyclic) bond motifs is 1. The van der Waals surface area contributed by atoms with Gasteiger partial charge in [-0.15, -0.1) is 0 Å². The third-order valence-corrected chi connectivity index (χ3v) is 6.80. The van der Waals surface area contributed by atoms with Crippen molar-refractivity contribution in [2.24, 2.45) is 17.2 Å². The average Bonchev–Trinajstić information content (AvgIpc) is 3.43. The summed E-state index contributed by atoms with van der Waals surface area (Å²) in [5.74, 6) is 0.911. The van der Waals surface area contributed by atoms with E-state index in [9.17, 15) is 4.79 Å². The van der Waals surface area contributed by atoms with Crippen LogP contribution in [0, 0.1) is 6.92 Å². The van der Waals surface area contributed by atoms with Crippen LogP contribution in [-0.4, -0.2) is 51.1 Å². The van der Waals surface area contributed by atoms with E-state index < -0.39 is 6.17 Å². The number of hydrogen-bond donors (Lipinski definition) is 3. The number of amides is 1. The quantitative estimate of drug-likeness (QED) is 0.519. The maximum Gasteiger partial charge on any atom is 0.254 e. The second-order valence-corrected chi connectivity index (χ2v) is 9.24. The monoisotopic (exact) mass is 448 g/mol. The number of aryl methyl sites for hydroxylation is 1. The number of aromatic nitrogens is 3. The summed E-state index contributed by atoms with van der Waals surface area (Å²) in [5, 5.41) is 4.83. The minimum absolute atomic E-state index is 0.0517. The van der Waals surface area contributed by atoms with Gasteiger partial charge in [0.05, 0.1) is 17.9 Å². The lowest BCUT2D eigenvalue weighted by molar-refractivity contribution is 0.0604. The van der Waals surface area contributed by atoms with Gasteiger partial charge >= 0.3 is 0 Å². The molecular weight excluding hydrogens is 416 g/mol. The van der Waals surface area contributed by atoms with Gasteiger partial charge in [-0.25, -0.2) is 9.50 Å². The predicted molar refractivity (Wildman–Crippen MR) is 128 cm³/mol. The summed E-state index contributed by atoms with van der Waals surface area (Å²) in [5.41, 5.74) is 21.9. The molecule has 5 rings (SSSR count). The van der Waals surface area contributed by atoms with Crippen LogP contribution >= 0.6 is 0 Å². The van der Waals surface area contributed by atoms with Crippen molar-refractivity contribution in [1.29, 1.82) is 0 Å². The van der Waals surface area contributed by atoms with Gasteiger partial charge in [-0.1, -0.05) is 18.2 Å². The lowest BCUT2D eigenvalue weighted by Gasteiger charge is -2.35. The van der Waals surface area contributed by atoms with Gasteiger partial charge in [-0.2, -0.15) is 5.10 Å². The van der Waals surface area contributed by atoms with Crippen LogP contribution in [0.25, 0.3) is 5.65 Å². The first-order chi connectivity index (χ1) is 15.9. The molecule has 2 atom stereocenters. The number of benzene rings is 1. The highest BCUT2D eigenvalue weighted by Gasteiger charge is 2.32. The van der Waals surface area contributed by atoms with Gasteiger partial charge in [-0.05, 0) is 44.2 Å². The molecule has 174 valence electrons. The molecule has 0 aliphatic carbocycles. The maximum atomic E-state index is 13.6. The standard InChI is InChI=1S/C24H32N8O/c1-15-13-32-21(28-23(15)30-11-9-16(25)14-30)12-19(29-32)20-8-4-5-10-31(20)24(33)18-7-3-2-6-17(18)22(26)27/h2-3,6-7,12-13,16,20,22H,4-5,8-11,14,25-27H2,1H3/t16-,20-/m0/s1. The smallest absolute Gasteiger partial charge is 0.254 e. The SMILES string of the molecule is Cc1cn2nc([C@@H]3CCCCN3C(=O)c3ccccc3C(N)N)cc2nc1N1CC[C@H](N)C1. The van der Waals surface area contributed by atoms with Crippen LogP contribution in [0.3, 0.4) is 0 Å². The lowest BCUT2D eigenvalue weighted by Crippen LogP contribution is -2.39. The largest absolute Gasteiger partial charge is 0.355 e. The van der Waals surface area contributed by atoms with Gasteiger partial charge in [0.15, 0.2) is 5.65 Å². The molecule has 2 fully saturated rings. The fraction of sp³-hybridized carbons (Fsp3) is 0.458. The summed E-state index contributed by atoms with van der Waals surface area (Å²) in [6, 6.07) is 9.41. The molecule has 6 N–H and O–H groups in total. The Hall–Kier alpha value is -3.01. The molecule has 33 heavy (non-hydrogen) atoms. The molecule has 9 heteroatoms. The number of hydrogen-bond acceptors (Lipinski definition) is 7. The summed E-state index contributed by atoms with van der Waals surface area (Å²) >= 11 is 0. The van der Waals surface area contributed by atoms with Crippen LogP contribution in [0.5, 0.6) is 0 Å². The van der Waals surface area contributed by atoms with E-state index in [1.54, 1.807) is 6.07 Å². The molecule has 2 aliphatic rings. The van der Waals surface area contributed by atoms with Gasteiger partial charge in [0.25, 0.3) is 5.91 Å². The number of piperidine rings is 1. The van der Waals surface area contributed by atoms with Gasteiger partial charge < -0.3 is 27.0 Å². The van der Waals surface area contributed by atoms with E-state index >= 15 is 0 Å². The second kappa shape index (κ2) is 8.74. The Balaban J connectivity index is 1.48. The molecule has 2 saturated heterocycles. The number of carbonyl (C=O) groups is 1. The number of likely N-dealkylation sites (tertiary alicyclic amines) is 1. The van der Waals surface area contributed by atoms with Crippen molar-refractivity contribution in [3.63, 3.8) is 0 Å². The van der Waals surface area contributed by atoms with E-state index in [0.29, 0.717) is 17.7 Å². The number of carbonyl (C=O) groups excluding carboxylic acids is 1. The topological polar surface area (TPSA) is 132 Å². The van der Waals surface area contributed by atoms with Crippen molar-refractivity contribution >= 4 is 17.4 Å². The summed E-state index contributed by atoms with van der Waals surface area (Å²) in [7, 11) is 0. The van der Waals surface area contributed by atoms with Crippen molar-refractivity contribution < 1.29 is 4.79 Å². The summed E-state index contributed by atoms with van der Waals surface area (Å²) in [6.45, 7) is 4.46. The van der Waals surface area contributed by atoms with Crippen LogP contribution in [0.15, 0.2) is 36.5 Å². The molecule has 2 aromatic heterocycles. The second-order valence-electron chi connectivity index (χ2n) is 9.24. The molecule has 1 aromatic carbocycles. The first-order valence-corrected chi connectivity index (χ1v) is 11.7. The predicted octanol–water partition coefficient (Wildman–Crippen LogP) is 1.86. The molecule has 0 bridgehead atoms. The van der Waals surface area contributed by atoms with E-state index in [1.807, 2.05) is 39.9 Å². The molecule has 0 unspecified atom stereocenters. The zero-order valence-electron chi connectivity index (χ0n) is 19.0. The van der Waals surface area contributed by atoms with Gasteiger partial charge in [0.1, 0.15) is 5.82 Å². The highest BCUT2D eigenvalue weighted by Crippen LogP contribution is 2.33. The fourth-order valence-electron chi connectivity index (χ4n) is 5.10. The third-order valence-electron chi connectivity index (χ3n) is 6.80. The van der Waals surface area contributed by atoms with Gasteiger partial charge in [0, 0.05) is 49.1 Å². The fourth-order valence-corrected chi connectivity index (χ4v) is 5.10. The summed E-state index contributed by atoms with van der Waals surface area (Å²) < 4.78 is 1.82. The summed E-state index contributed by atoms with van der Waals surface area (Å²) in [6.07, 6.45) is 5.16. The van der Waals surface area contributed by atoms with Crippen molar-refractivity contribution in [3.8, 4) is 0 Å². The van der Waals surface area contributed by atoms with E-state index in [0.717, 1.165) is 61.5 Å². The van der Waals surface area contributed by atoms with E-state index in [1.165, 1.54) is 0 Å². The maximum absolute atomic E-state index is 13.6. The van der Waals surface area contributed by atoms with Crippen LogP contribution in [0.4, 0.5) is 5.82 Å². The van der Waals surface area contributed by atoms with E-state index in [-0.39, 0.29) is 18.0 Å². The third kappa shape index (κ3) is 4.07. The first kappa shape index (κ1) is 21.8. The van der Waals surface area contributed by atoms with Crippen molar-refractivity contribution in [2.45, 2.75) is 50.9 Å². The normalized spacial score (nSPS) is 21.4. The Kier molecular flexibility index (Phi) is 5.77. The molecule has 0 spiro atoms. The summed E-state index contributed by atoms with van der Waals surface area (Å²) in [4.78, 5) is 22.7. The zero-order valence-corrected chi connectivity index (χ0v) is 19.0. The van der Waals surface area contributed by atoms with Gasteiger partial charge in [0.2, 0.25) is 0 Å². The highest BCUT2D eigenvalue weighted by atomic mass is 16.2. The van der Waals surface area contributed by atoms with Gasteiger partial charge in [-0.3, -0.25) is 4.79 Å². The molecule has 0 radical (unpaired) electrons. The van der Waals surface area contributed by atoms with Crippen LogP contribution in [0.2, 0.25) is 0 Å². The number of nitrogens with two attached hydrogens (primary N) is 3. The van der Waals surface area contributed by atoms with E-state index in [2.05, 4.69) is 11.8 Å². The number of anilines is 1. The van der Waals surface area contributed by atoms with Crippen LogP contribution < -0.4 is 22.1 Å². The van der Waals surface area contributed by atoms with Crippen molar-refractivity contribution in [1.82, 2.24) is 19.5 Å². The Labute approximate surface area is 193 Å². The number of nitrogens with zero attached hydrogens (tertiary/aromatic N) is 5. The molecule has 2 aliphatic heterocycles. The lowest BCUT2D eigenvalue weighted by atomic mass is 9.96. The van der Waals surface area contributed by atoms with Crippen LogP contribution in [-0.2, 0) is 0 Å². The van der Waals surface area contributed by atoms with Crippen molar-refractivity contribution in [3.05, 3.63) is 58.9 Å². The average molecular weight is 449 g/mol. The first-order valence-electron chi connectivity index (χ1n) is 11.7. The number of rotatable bonds is 4. The minimum atomic E-state index is -0.701. The van der Waals surface area contributed by atoms with Crippen LogP contribution in [0.1, 0.15) is 65.1 Å². The molecule has 1 amide bonds. The Morgan fingerprint density at radius 1 is 1.15 bits per heavy atom. The Morgan fingerprint density at radius 2 is 1.97 bits per heavy atom. The zero-order chi connectivity index (χ0) is 23.1. The van der Waals surface area contributed by atoms with E-state index in [4.69, 9.17) is 27.3 Å².